The highest BCUT2D eigenvalue weighted by molar-refractivity contribution is 7.98. The molecule has 180 valence electrons. The van der Waals surface area contributed by atoms with Crippen LogP contribution in [0.3, 0.4) is 0 Å². The van der Waals surface area contributed by atoms with Crippen LogP contribution < -0.4 is 14.4 Å². The summed E-state index contributed by atoms with van der Waals surface area (Å²) in [5.74, 6) is 1.87. The summed E-state index contributed by atoms with van der Waals surface area (Å²) in [6, 6.07) is 25.2. The first-order chi connectivity index (χ1) is 16.5. The van der Waals surface area contributed by atoms with Crippen LogP contribution >= 0.6 is 11.8 Å². The van der Waals surface area contributed by atoms with Crippen LogP contribution in [0.1, 0.15) is 18.9 Å². The fraction of sp³-hybridized carbons (Fsp3) is 0.269. The monoisotopic (exact) mass is 498 g/mol. The Balaban J connectivity index is 1.64. The second-order valence-electron chi connectivity index (χ2n) is 7.47. The first-order valence-electron chi connectivity index (χ1n) is 11.2. The number of nitrogens with zero attached hydrogens (tertiary/aromatic N) is 1. The SMILES string of the molecule is CCOc1ccccc1N(CC(=O)NCCCSCc1ccccc1)S(=O)(=O)c1ccccc1. The Morgan fingerprint density at radius 1 is 0.941 bits per heavy atom. The summed E-state index contributed by atoms with van der Waals surface area (Å²) >= 11 is 1.80. The number of rotatable bonds is 13. The standard InChI is InChI=1S/C26H30N2O4S2/c1-2-32-25-17-10-9-16-24(25)28(34(30,31)23-14-7-4-8-15-23)20-26(29)27-18-11-19-33-21-22-12-5-3-6-13-22/h3-10,12-17H,2,11,18-21H2,1H3,(H,27,29). The smallest absolute Gasteiger partial charge is 0.264 e. The number of para-hydroxylation sites is 2. The average molecular weight is 499 g/mol. The summed E-state index contributed by atoms with van der Waals surface area (Å²) in [4.78, 5) is 12.9. The predicted molar refractivity (Wildman–Crippen MR) is 139 cm³/mol. The molecule has 1 N–H and O–H groups in total. The van der Waals surface area contributed by atoms with Gasteiger partial charge >= 0.3 is 0 Å². The van der Waals surface area contributed by atoms with Gasteiger partial charge in [0.05, 0.1) is 17.2 Å². The lowest BCUT2D eigenvalue weighted by Crippen LogP contribution is -2.41. The molecule has 0 saturated heterocycles. The topological polar surface area (TPSA) is 75.7 Å². The van der Waals surface area contributed by atoms with Gasteiger partial charge in [0.25, 0.3) is 10.0 Å². The third kappa shape index (κ3) is 7.27. The van der Waals surface area contributed by atoms with Crippen molar-refractivity contribution >= 4 is 33.4 Å². The Hall–Kier alpha value is -2.97. The van der Waals surface area contributed by atoms with Gasteiger partial charge < -0.3 is 10.1 Å². The number of ether oxygens (including phenoxy) is 1. The van der Waals surface area contributed by atoms with Crippen molar-refractivity contribution in [2.24, 2.45) is 0 Å². The van der Waals surface area contributed by atoms with Crippen molar-refractivity contribution < 1.29 is 17.9 Å². The molecule has 0 radical (unpaired) electrons. The minimum absolute atomic E-state index is 0.117. The third-order valence-corrected chi connectivity index (χ3v) is 7.84. The number of thioether (sulfide) groups is 1. The van der Waals surface area contributed by atoms with Crippen molar-refractivity contribution in [2.75, 3.05) is 29.8 Å². The maximum absolute atomic E-state index is 13.5. The van der Waals surface area contributed by atoms with Gasteiger partial charge in [-0.05, 0) is 48.9 Å². The quantitative estimate of drug-likeness (QED) is 0.345. The molecular weight excluding hydrogens is 468 g/mol. The fourth-order valence-corrected chi connectivity index (χ4v) is 5.69. The first-order valence-corrected chi connectivity index (χ1v) is 13.8. The molecule has 0 fully saturated rings. The van der Waals surface area contributed by atoms with E-state index in [1.807, 2.05) is 25.1 Å². The number of hydrogen-bond acceptors (Lipinski definition) is 5. The molecule has 0 aliphatic carbocycles. The zero-order valence-electron chi connectivity index (χ0n) is 19.2. The van der Waals surface area contributed by atoms with E-state index in [1.54, 1.807) is 54.2 Å². The Bertz CT molecular complexity index is 1140. The Morgan fingerprint density at radius 3 is 2.29 bits per heavy atom. The highest BCUT2D eigenvalue weighted by atomic mass is 32.2. The highest BCUT2D eigenvalue weighted by Gasteiger charge is 2.29. The van der Waals surface area contributed by atoms with Crippen molar-refractivity contribution in [2.45, 2.75) is 24.0 Å². The molecule has 3 aromatic rings. The van der Waals surface area contributed by atoms with E-state index in [0.717, 1.165) is 22.2 Å². The average Bonchev–Trinajstić information content (AvgIpc) is 2.86. The third-order valence-electron chi connectivity index (χ3n) is 4.95. The summed E-state index contributed by atoms with van der Waals surface area (Å²) in [6.45, 7) is 2.35. The van der Waals surface area contributed by atoms with E-state index in [9.17, 15) is 13.2 Å². The van der Waals surface area contributed by atoms with Crippen LogP contribution in [0.15, 0.2) is 89.8 Å². The number of carbonyl (C=O) groups is 1. The van der Waals surface area contributed by atoms with E-state index in [0.29, 0.717) is 24.6 Å². The molecule has 3 aromatic carbocycles. The zero-order chi connectivity index (χ0) is 24.2. The molecule has 0 saturated carbocycles. The van der Waals surface area contributed by atoms with Gasteiger partial charge in [0, 0.05) is 12.3 Å². The number of benzene rings is 3. The summed E-state index contributed by atoms with van der Waals surface area (Å²) in [6.07, 6.45) is 0.796. The van der Waals surface area contributed by atoms with E-state index in [1.165, 1.54) is 17.7 Å². The number of amides is 1. The van der Waals surface area contributed by atoms with Crippen LogP contribution in [0, 0.1) is 0 Å². The number of anilines is 1. The van der Waals surface area contributed by atoms with Crippen LogP contribution in [0.2, 0.25) is 0 Å². The van der Waals surface area contributed by atoms with Gasteiger partial charge in [0.1, 0.15) is 12.3 Å². The van der Waals surface area contributed by atoms with E-state index in [4.69, 9.17) is 4.74 Å². The molecule has 0 unspecified atom stereocenters. The maximum atomic E-state index is 13.5. The van der Waals surface area contributed by atoms with E-state index < -0.39 is 10.0 Å². The van der Waals surface area contributed by atoms with Crippen LogP contribution in [0.25, 0.3) is 0 Å². The van der Waals surface area contributed by atoms with E-state index >= 15 is 0 Å². The lowest BCUT2D eigenvalue weighted by atomic mass is 10.2. The van der Waals surface area contributed by atoms with Crippen molar-refractivity contribution in [3.8, 4) is 5.75 Å². The van der Waals surface area contributed by atoms with Crippen LogP contribution in [-0.4, -0.2) is 39.8 Å². The fourth-order valence-electron chi connectivity index (χ4n) is 3.31. The summed E-state index contributed by atoms with van der Waals surface area (Å²) in [5, 5.41) is 2.86. The number of carbonyl (C=O) groups excluding carboxylic acids is 1. The van der Waals surface area contributed by atoms with Gasteiger partial charge in [-0.15, -0.1) is 0 Å². The van der Waals surface area contributed by atoms with Crippen LogP contribution in [0.5, 0.6) is 5.75 Å². The largest absolute Gasteiger partial charge is 0.492 e. The molecular formula is C26H30N2O4S2. The van der Waals surface area contributed by atoms with Gasteiger partial charge in [0.15, 0.2) is 0 Å². The molecule has 0 heterocycles. The maximum Gasteiger partial charge on any atom is 0.264 e. The first kappa shape index (κ1) is 25.6. The number of hydrogen-bond donors (Lipinski definition) is 1. The second kappa shape index (κ2) is 13.1. The van der Waals surface area contributed by atoms with Gasteiger partial charge in [0.2, 0.25) is 5.91 Å². The summed E-state index contributed by atoms with van der Waals surface area (Å²) < 4.78 is 33.7. The molecule has 0 bridgehead atoms. The number of sulfonamides is 1. The minimum atomic E-state index is -3.97. The molecule has 8 heteroatoms. The molecule has 1 amide bonds. The Labute approximate surface area is 206 Å². The van der Waals surface area contributed by atoms with Gasteiger partial charge in [-0.2, -0.15) is 11.8 Å². The molecule has 34 heavy (non-hydrogen) atoms. The van der Waals surface area contributed by atoms with Gasteiger partial charge in [-0.1, -0.05) is 60.7 Å². The molecule has 0 aromatic heterocycles. The van der Waals surface area contributed by atoms with Crippen molar-refractivity contribution in [3.05, 3.63) is 90.5 Å². The van der Waals surface area contributed by atoms with Crippen molar-refractivity contribution in [1.82, 2.24) is 5.32 Å². The molecule has 0 spiro atoms. The minimum Gasteiger partial charge on any atom is -0.492 e. The van der Waals surface area contributed by atoms with Crippen LogP contribution in [-0.2, 0) is 20.6 Å². The molecule has 0 aliphatic heterocycles. The molecule has 0 atom stereocenters. The lowest BCUT2D eigenvalue weighted by Gasteiger charge is -2.26. The van der Waals surface area contributed by atoms with E-state index in [-0.39, 0.29) is 17.3 Å². The Kier molecular flexibility index (Phi) is 9.85. The summed E-state index contributed by atoms with van der Waals surface area (Å²) in [5.41, 5.74) is 1.60. The van der Waals surface area contributed by atoms with Crippen LogP contribution in [0.4, 0.5) is 5.69 Å². The lowest BCUT2D eigenvalue weighted by molar-refractivity contribution is -0.119. The Morgan fingerprint density at radius 2 is 1.59 bits per heavy atom. The zero-order valence-corrected chi connectivity index (χ0v) is 20.9. The molecule has 6 nitrogen and oxygen atoms in total. The molecule has 3 rings (SSSR count). The second-order valence-corrected chi connectivity index (χ2v) is 10.4. The van der Waals surface area contributed by atoms with Gasteiger partial charge in [-0.25, -0.2) is 8.42 Å². The predicted octanol–water partition coefficient (Wildman–Crippen LogP) is 4.72. The number of nitrogens with one attached hydrogen (secondary N) is 1. The van der Waals surface area contributed by atoms with E-state index in [2.05, 4.69) is 17.4 Å². The van der Waals surface area contributed by atoms with Crippen molar-refractivity contribution in [3.63, 3.8) is 0 Å². The normalized spacial score (nSPS) is 11.1. The van der Waals surface area contributed by atoms with Gasteiger partial charge in [-0.3, -0.25) is 9.10 Å². The van der Waals surface area contributed by atoms with Crippen molar-refractivity contribution in [1.29, 1.82) is 0 Å². The highest BCUT2D eigenvalue weighted by Crippen LogP contribution is 2.32. The summed E-state index contributed by atoms with van der Waals surface area (Å²) in [7, 11) is -3.97. The molecule has 0 aliphatic rings.